The molecule has 0 unspecified atom stereocenters. The van der Waals surface area contributed by atoms with Crippen molar-refractivity contribution in [2.24, 2.45) is 0 Å². The minimum atomic E-state index is -0.130. The molecular weight excluding hydrogens is 392 g/mol. The van der Waals surface area contributed by atoms with Gasteiger partial charge < -0.3 is 19.1 Å². The zero-order chi connectivity index (χ0) is 21.8. The number of hydrogen-bond acceptors (Lipinski definition) is 5. The van der Waals surface area contributed by atoms with Gasteiger partial charge in [0.15, 0.2) is 11.5 Å². The Balaban J connectivity index is 1.57. The van der Waals surface area contributed by atoms with Crippen LogP contribution in [0.1, 0.15) is 18.4 Å². The van der Waals surface area contributed by atoms with Crippen molar-refractivity contribution in [3.8, 4) is 11.5 Å². The van der Waals surface area contributed by atoms with Crippen molar-refractivity contribution in [3.05, 3.63) is 77.9 Å². The summed E-state index contributed by atoms with van der Waals surface area (Å²) in [5, 5.41) is 0. The lowest BCUT2D eigenvalue weighted by molar-refractivity contribution is -0.122. The van der Waals surface area contributed by atoms with Crippen LogP contribution in [-0.4, -0.2) is 56.2 Å². The maximum Gasteiger partial charge on any atom is 0.255 e. The largest absolute Gasteiger partial charge is 0.493 e. The molecule has 3 aliphatic heterocycles. The molecule has 4 rings (SSSR count). The summed E-state index contributed by atoms with van der Waals surface area (Å²) >= 11 is 0. The van der Waals surface area contributed by atoms with Crippen LogP contribution in [0.2, 0.25) is 0 Å². The molecule has 0 aromatic heterocycles. The van der Waals surface area contributed by atoms with Crippen molar-refractivity contribution < 1.29 is 19.0 Å². The van der Waals surface area contributed by atoms with Crippen LogP contribution in [0, 0.1) is 0 Å². The first-order valence-corrected chi connectivity index (χ1v) is 10.5. The van der Waals surface area contributed by atoms with E-state index in [0.29, 0.717) is 17.3 Å². The average molecular weight is 421 g/mol. The molecule has 1 aromatic carbocycles. The zero-order valence-electron chi connectivity index (χ0n) is 18.2. The number of benzene rings is 1. The minimum Gasteiger partial charge on any atom is -0.493 e. The normalized spacial score (nSPS) is 24.0. The lowest BCUT2D eigenvalue weighted by Crippen LogP contribution is -2.34. The van der Waals surface area contributed by atoms with Gasteiger partial charge in [0.1, 0.15) is 11.9 Å². The van der Waals surface area contributed by atoms with Crippen LogP contribution in [0.15, 0.2) is 72.3 Å². The van der Waals surface area contributed by atoms with Crippen LogP contribution in [0.25, 0.3) is 5.57 Å². The highest BCUT2D eigenvalue weighted by Gasteiger charge is 2.23. The fourth-order valence-corrected chi connectivity index (χ4v) is 3.88. The fraction of sp³-hybridized carbons (Fsp3) is 0.320. The van der Waals surface area contributed by atoms with E-state index in [1.54, 1.807) is 31.4 Å². The minimum absolute atomic E-state index is 0.130. The van der Waals surface area contributed by atoms with E-state index in [4.69, 9.17) is 14.2 Å². The molecule has 6 nitrogen and oxygen atoms in total. The Morgan fingerprint density at radius 1 is 1.00 bits per heavy atom. The smallest absolute Gasteiger partial charge is 0.255 e. The Labute approximate surface area is 183 Å². The van der Waals surface area contributed by atoms with Gasteiger partial charge in [-0.15, -0.1) is 0 Å². The highest BCUT2D eigenvalue weighted by Crippen LogP contribution is 2.32. The molecule has 1 saturated heterocycles. The van der Waals surface area contributed by atoms with Gasteiger partial charge in [0.2, 0.25) is 0 Å². The Bertz CT molecular complexity index is 995. The van der Waals surface area contributed by atoms with E-state index in [2.05, 4.69) is 11.9 Å². The topological polar surface area (TPSA) is 51.2 Å². The molecule has 1 fully saturated rings. The van der Waals surface area contributed by atoms with Crippen molar-refractivity contribution in [1.82, 2.24) is 9.80 Å². The lowest BCUT2D eigenvalue weighted by atomic mass is 10.0. The molecule has 0 aliphatic carbocycles. The summed E-state index contributed by atoms with van der Waals surface area (Å²) in [6.07, 6.45) is 15.2. The number of rotatable bonds is 5. The third-order valence-electron chi connectivity index (χ3n) is 5.70. The van der Waals surface area contributed by atoms with Crippen LogP contribution in [0.3, 0.4) is 0 Å². The highest BCUT2D eigenvalue weighted by atomic mass is 16.5. The third-order valence-corrected chi connectivity index (χ3v) is 5.70. The van der Waals surface area contributed by atoms with Gasteiger partial charge in [-0.1, -0.05) is 18.2 Å². The number of nitrogens with zero attached hydrogens (tertiary/aromatic N) is 2. The summed E-state index contributed by atoms with van der Waals surface area (Å²) in [7, 11) is 5.33. The molecule has 6 heteroatoms. The van der Waals surface area contributed by atoms with Gasteiger partial charge in [-0.05, 0) is 61.4 Å². The van der Waals surface area contributed by atoms with Crippen LogP contribution >= 0.6 is 0 Å². The Hall–Kier alpha value is -3.25. The molecule has 162 valence electrons. The van der Waals surface area contributed by atoms with Crippen LogP contribution < -0.4 is 9.47 Å². The molecule has 0 atom stereocenters. The number of carbonyl (C=O) groups excluding carboxylic acids is 1. The Kier molecular flexibility index (Phi) is 6.28. The van der Waals surface area contributed by atoms with Crippen molar-refractivity contribution in [3.63, 3.8) is 0 Å². The summed E-state index contributed by atoms with van der Waals surface area (Å²) in [5.74, 6) is 1.85. The Morgan fingerprint density at radius 3 is 2.52 bits per heavy atom. The SMILES string of the molecule is COc1ccc(C2=C\C(=O)N3C=C(OC4CCN(C)CC4)C=C\C3=C/C=C/2)cc1OC. The second-order valence-electron chi connectivity index (χ2n) is 7.81. The summed E-state index contributed by atoms with van der Waals surface area (Å²) in [6.45, 7) is 2.05. The molecule has 3 aliphatic rings. The molecular formula is C25H28N2O4. The number of carbonyl (C=O) groups is 1. The summed E-state index contributed by atoms with van der Waals surface area (Å²) in [6, 6.07) is 5.62. The number of methoxy groups -OCH3 is 2. The van der Waals surface area contributed by atoms with Crippen LogP contribution in [-0.2, 0) is 9.53 Å². The maximum absolute atomic E-state index is 13.1. The van der Waals surface area contributed by atoms with E-state index in [1.807, 2.05) is 48.6 Å². The van der Waals surface area contributed by atoms with Crippen molar-refractivity contribution >= 4 is 11.5 Å². The molecule has 31 heavy (non-hydrogen) atoms. The fourth-order valence-electron chi connectivity index (χ4n) is 3.88. The summed E-state index contributed by atoms with van der Waals surface area (Å²) < 4.78 is 16.9. The number of fused-ring (bicyclic) bond motifs is 1. The van der Waals surface area contributed by atoms with Crippen LogP contribution in [0.4, 0.5) is 0 Å². The van der Waals surface area contributed by atoms with Gasteiger partial charge in [-0.3, -0.25) is 9.69 Å². The van der Waals surface area contributed by atoms with Crippen LogP contribution in [0.5, 0.6) is 11.5 Å². The molecule has 0 saturated carbocycles. The first-order valence-electron chi connectivity index (χ1n) is 10.5. The van der Waals surface area contributed by atoms with Gasteiger partial charge in [-0.2, -0.15) is 0 Å². The average Bonchev–Trinajstić information content (AvgIpc) is 2.78. The molecule has 0 bridgehead atoms. The van der Waals surface area contributed by atoms with E-state index in [0.717, 1.165) is 42.8 Å². The van der Waals surface area contributed by atoms with E-state index >= 15 is 0 Å². The van der Waals surface area contributed by atoms with Crippen molar-refractivity contribution in [2.45, 2.75) is 18.9 Å². The van der Waals surface area contributed by atoms with Gasteiger partial charge in [-0.25, -0.2) is 0 Å². The monoisotopic (exact) mass is 420 g/mol. The number of amides is 1. The van der Waals surface area contributed by atoms with E-state index < -0.39 is 0 Å². The van der Waals surface area contributed by atoms with Gasteiger partial charge >= 0.3 is 0 Å². The Morgan fingerprint density at radius 2 is 1.77 bits per heavy atom. The van der Waals surface area contributed by atoms with Gasteiger partial charge in [0.05, 0.1) is 20.4 Å². The molecule has 1 aromatic rings. The van der Waals surface area contributed by atoms with Crippen molar-refractivity contribution in [1.29, 1.82) is 0 Å². The number of piperidine rings is 1. The zero-order valence-corrected chi connectivity index (χ0v) is 18.2. The number of ether oxygens (including phenoxy) is 3. The number of likely N-dealkylation sites (tertiary alicyclic amines) is 1. The van der Waals surface area contributed by atoms with Gasteiger partial charge in [0.25, 0.3) is 5.91 Å². The van der Waals surface area contributed by atoms with Gasteiger partial charge in [0, 0.05) is 24.9 Å². The molecule has 0 spiro atoms. The predicted molar refractivity (Wildman–Crippen MR) is 120 cm³/mol. The predicted octanol–water partition coefficient (Wildman–Crippen LogP) is 3.89. The maximum atomic E-state index is 13.1. The highest BCUT2D eigenvalue weighted by molar-refractivity contribution is 6.00. The summed E-state index contributed by atoms with van der Waals surface area (Å²) in [4.78, 5) is 17.1. The lowest BCUT2D eigenvalue weighted by Gasteiger charge is -2.31. The third kappa shape index (κ3) is 4.75. The van der Waals surface area contributed by atoms with Crippen molar-refractivity contribution in [2.75, 3.05) is 34.4 Å². The second kappa shape index (κ2) is 9.27. The molecule has 0 N–H and O–H groups in total. The summed E-state index contributed by atoms with van der Waals surface area (Å²) in [5.41, 5.74) is 2.47. The first-order chi connectivity index (χ1) is 15.1. The second-order valence-corrected chi connectivity index (χ2v) is 7.81. The molecule has 3 heterocycles. The quantitative estimate of drug-likeness (QED) is 0.723. The molecule has 1 amide bonds. The number of hydrogen-bond donors (Lipinski definition) is 0. The standard InChI is InChI=1S/C25H28N2O4/c1-26-13-11-21(12-14-26)31-22-9-8-20-6-4-5-18(16-25(28)27(20)17-22)19-7-10-23(29-2)24(15-19)30-3/h4-10,15-17,21H,11-14H2,1-3H3/b5-4+,18-16+,20-6+. The molecule has 0 radical (unpaired) electrons. The van der Waals surface area contributed by atoms with E-state index in [1.165, 1.54) is 0 Å². The first kappa shape index (κ1) is 21.0. The number of allylic oxidation sites excluding steroid dienone is 6. The van der Waals surface area contributed by atoms with E-state index in [9.17, 15) is 4.79 Å². The van der Waals surface area contributed by atoms with E-state index in [-0.39, 0.29) is 12.0 Å².